The average Bonchev–Trinajstić information content (AvgIpc) is 2.98. The topological polar surface area (TPSA) is 85.2 Å². The van der Waals surface area contributed by atoms with Crippen LogP contribution in [0.5, 0.6) is 0 Å². The Bertz CT molecular complexity index is 657. The molecule has 5 heteroatoms. The number of rotatable bonds is 3. The van der Waals surface area contributed by atoms with Crippen LogP contribution < -0.4 is 16.4 Å². The highest BCUT2D eigenvalue weighted by molar-refractivity contribution is 5.91. The third-order valence-corrected chi connectivity index (χ3v) is 3.92. The van der Waals surface area contributed by atoms with Gasteiger partial charge in [0.25, 0.3) is 5.91 Å². The van der Waals surface area contributed by atoms with Crippen LogP contribution in [0.1, 0.15) is 28.4 Å². The number of pyridine rings is 1. The molecule has 1 saturated heterocycles. The molecule has 1 unspecified atom stereocenters. The Balaban J connectivity index is 1.83. The van der Waals surface area contributed by atoms with E-state index in [-0.39, 0.29) is 5.69 Å². The van der Waals surface area contributed by atoms with Crippen LogP contribution in [0.3, 0.4) is 0 Å². The Morgan fingerprint density at radius 2 is 1.95 bits per heavy atom. The summed E-state index contributed by atoms with van der Waals surface area (Å²) in [4.78, 5) is 17.7. The van der Waals surface area contributed by atoms with Crippen LogP contribution in [0.2, 0.25) is 0 Å². The lowest BCUT2D eigenvalue weighted by atomic mass is 9.99. The molecule has 1 aromatic carbocycles. The molecule has 1 aromatic heterocycles. The van der Waals surface area contributed by atoms with E-state index in [1.54, 1.807) is 12.1 Å². The number of carbonyl (C=O) groups excluding carboxylic acids is 1. The van der Waals surface area contributed by atoms with Gasteiger partial charge in [0, 0.05) is 19.0 Å². The standard InChI is InChI=1S/C16H18N4O/c17-13-6-7-14(15(18)21)19-16(13)20-9-8-12(10-20)11-4-2-1-3-5-11/h1-7,12H,8-10,17H2,(H2,18,21). The lowest BCUT2D eigenvalue weighted by Crippen LogP contribution is -2.23. The van der Waals surface area contributed by atoms with Crippen LogP contribution >= 0.6 is 0 Å². The Hall–Kier alpha value is -2.56. The number of nitrogens with zero attached hydrogens (tertiary/aromatic N) is 2. The van der Waals surface area contributed by atoms with Gasteiger partial charge in [0.1, 0.15) is 5.69 Å². The molecule has 0 spiro atoms. The summed E-state index contributed by atoms with van der Waals surface area (Å²) in [6.45, 7) is 1.72. The van der Waals surface area contributed by atoms with Gasteiger partial charge < -0.3 is 16.4 Å². The van der Waals surface area contributed by atoms with Crippen molar-refractivity contribution < 1.29 is 4.79 Å². The van der Waals surface area contributed by atoms with Crippen molar-refractivity contribution in [1.29, 1.82) is 0 Å². The summed E-state index contributed by atoms with van der Waals surface area (Å²) >= 11 is 0. The molecule has 1 aliphatic rings. The maximum atomic E-state index is 11.3. The minimum atomic E-state index is -0.532. The molecule has 1 aliphatic heterocycles. The third kappa shape index (κ3) is 2.67. The molecule has 0 aliphatic carbocycles. The average molecular weight is 282 g/mol. The van der Waals surface area contributed by atoms with Crippen molar-refractivity contribution in [1.82, 2.24) is 4.98 Å². The second-order valence-corrected chi connectivity index (χ2v) is 5.32. The second-order valence-electron chi connectivity index (χ2n) is 5.32. The van der Waals surface area contributed by atoms with Crippen molar-refractivity contribution in [2.75, 3.05) is 23.7 Å². The lowest BCUT2D eigenvalue weighted by molar-refractivity contribution is 0.0995. The predicted molar refractivity (Wildman–Crippen MR) is 83.2 cm³/mol. The molecule has 2 aromatic rings. The van der Waals surface area contributed by atoms with Crippen molar-refractivity contribution >= 4 is 17.4 Å². The highest BCUT2D eigenvalue weighted by atomic mass is 16.1. The molecule has 4 N–H and O–H groups in total. The first-order valence-electron chi connectivity index (χ1n) is 7.01. The number of amides is 1. The number of nitrogen functional groups attached to an aromatic ring is 1. The number of carbonyl (C=O) groups is 1. The summed E-state index contributed by atoms with van der Waals surface area (Å²) in [5.74, 6) is 0.587. The maximum absolute atomic E-state index is 11.3. The predicted octanol–water partition coefficient (Wildman–Crippen LogP) is 1.76. The van der Waals surface area contributed by atoms with Crippen molar-refractivity contribution in [3.05, 3.63) is 53.7 Å². The number of hydrogen-bond donors (Lipinski definition) is 2. The summed E-state index contributed by atoms with van der Waals surface area (Å²) in [5, 5.41) is 0. The number of hydrogen-bond acceptors (Lipinski definition) is 4. The number of nitrogens with two attached hydrogens (primary N) is 2. The van der Waals surface area contributed by atoms with Crippen LogP contribution in [0, 0.1) is 0 Å². The minimum absolute atomic E-state index is 0.252. The molecule has 108 valence electrons. The summed E-state index contributed by atoms with van der Waals surface area (Å²) in [7, 11) is 0. The van der Waals surface area contributed by atoms with E-state index in [1.807, 2.05) is 6.07 Å². The van der Waals surface area contributed by atoms with Crippen molar-refractivity contribution in [3.63, 3.8) is 0 Å². The number of aromatic nitrogens is 1. The van der Waals surface area contributed by atoms with Gasteiger partial charge in [0.2, 0.25) is 0 Å². The van der Waals surface area contributed by atoms with Gasteiger partial charge in [-0.3, -0.25) is 4.79 Å². The van der Waals surface area contributed by atoms with Gasteiger partial charge in [-0.25, -0.2) is 4.98 Å². The smallest absolute Gasteiger partial charge is 0.267 e. The van der Waals surface area contributed by atoms with Crippen LogP contribution in [0.4, 0.5) is 11.5 Å². The zero-order valence-corrected chi connectivity index (χ0v) is 11.7. The molecule has 2 heterocycles. The fourth-order valence-electron chi connectivity index (χ4n) is 2.80. The number of anilines is 2. The van der Waals surface area contributed by atoms with Crippen LogP contribution in [0.25, 0.3) is 0 Å². The lowest BCUT2D eigenvalue weighted by Gasteiger charge is -2.20. The van der Waals surface area contributed by atoms with Crippen LogP contribution in [-0.2, 0) is 0 Å². The van der Waals surface area contributed by atoms with Gasteiger partial charge in [-0.15, -0.1) is 0 Å². The van der Waals surface area contributed by atoms with Crippen LogP contribution in [0.15, 0.2) is 42.5 Å². The fourth-order valence-corrected chi connectivity index (χ4v) is 2.80. The molecule has 1 amide bonds. The Kier molecular flexibility index (Phi) is 3.48. The monoisotopic (exact) mass is 282 g/mol. The van der Waals surface area contributed by atoms with Gasteiger partial charge in [-0.2, -0.15) is 0 Å². The van der Waals surface area contributed by atoms with Crippen molar-refractivity contribution in [2.45, 2.75) is 12.3 Å². The first-order chi connectivity index (χ1) is 10.1. The van der Waals surface area contributed by atoms with E-state index < -0.39 is 5.91 Å². The molecule has 0 saturated carbocycles. The van der Waals surface area contributed by atoms with Gasteiger partial charge in [0.05, 0.1) is 5.69 Å². The van der Waals surface area contributed by atoms with Crippen molar-refractivity contribution in [3.8, 4) is 0 Å². The first-order valence-corrected chi connectivity index (χ1v) is 7.01. The molecule has 5 nitrogen and oxygen atoms in total. The molecule has 1 atom stereocenters. The normalized spacial score (nSPS) is 17.9. The fraction of sp³-hybridized carbons (Fsp3) is 0.250. The molecule has 0 radical (unpaired) electrons. The third-order valence-electron chi connectivity index (χ3n) is 3.92. The SMILES string of the molecule is NC(=O)c1ccc(N)c(N2CCC(c3ccccc3)C2)n1. The summed E-state index contributed by atoms with van der Waals surface area (Å²) in [5.41, 5.74) is 13.4. The van der Waals surface area contributed by atoms with E-state index in [2.05, 4.69) is 34.1 Å². The zero-order valence-electron chi connectivity index (χ0n) is 11.7. The maximum Gasteiger partial charge on any atom is 0.267 e. The van der Waals surface area contributed by atoms with Gasteiger partial charge in [-0.05, 0) is 24.1 Å². The second kappa shape index (κ2) is 5.44. The van der Waals surface area contributed by atoms with Gasteiger partial charge in [0.15, 0.2) is 5.82 Å². The molecular formula is C16H18N4O. The highest BCUT2D eigenvalue weighted by Crippen LogP contribution is 2.32. The Morgan fingerprint density at radius 3 is 2.67 bits per heavy atom. The minimum Gasteiger partial charge on any atom is -0.396 e. The molecular weight excluding hydrogens is 264 g/mol. The van der Waals surface area contributed by atoms with E-state index >= 15 is 0 Å². The molecule has 3 rings (SSSR count). The van der Waals surface area contributed by atoms with Crippen LogP contribution in [-0.4, -0.2) is 24.0 Å². The van der Waals surface area contributed by atoms with E-state index in [9.17, 15) is 4.79 Å². The van der Waals surface area contributed by atoms with E-state index in [0.717, 1.165) is 19.5 Å². The molecule has 1 fully saturated rings. The van der Waals surface area contributed by atoms with Crippen molar-refractivity contribution in [2.24, 2.45) is 5.73 Å². The zero-order chi connectivity index (χ0) is 14.8. The van der Waals surface area contributed by atoms with E-state index in [4.69, 9.17) is 11.5 Å². The summed E-state index contributed by atoms with van der Waals surface area (Å²) in [6, 6.07) is 13.7. The summed E-state index contributed by atoms with van der Waals surface area (Å²) < 4.78 is 0. The quantitative estimate of drug-likeness (QED) is 0.898. The Labute approximate surface area is 123 Å². The molecule has 0 bridgehead atoms. The Morgan fingerprint density at radius 1 is 1.19 bits per heavy atom. The highest BCUT2D eigenvalue weighted by Gasteiger charge is 2.26. The number of primary amides is 1. The molecule has 21 heavy (non-hydrogen) atoms. The van der Waals surface area contributed by atoms with Gasteiger partial charge >= 0.3 is 0 Å². The van der Waals surface area contributed by atoms with Gasteiger partial charge in [-0.1, -0.05) is 30.3 Å². The summed E-state index contributed by atoms with van der Waals surface area (Å²) in [6.07, 6.45) is 1.05. The van der Waals surface area contributed by atoms with E-state index in [1.165, 1.54) is 5.56 Å². The first kappa shape index (κ1) is 13.4. The largest absolute Gasteiger partial charge is 0.396 e. The number of benzene rings is 1. The van der Waals surface area contributed by atoms with E-state index in [0.29, 0.717) is 17.4 Å².